The molecule has 11 heavy (non-hydrogen) atoms. The molecule has 0 heterocycles. The van der Waals surface area contributed by atoms with Crippen molar-refractivity contribution < 1.29 is 38.8 Å². The van der Waals surface area contributed by atoms with Crippen LogP contribution in [0, 0.1) is 0 Å². The standard InChI is InChI=1S/C7H5BrO.BrH.Cu/c8-7-3-1-6(5-9)2-4-7;;/h1-5H;1H;/q;;+1/p-1. The van der Waals surface area contributed by atoms with E-state index < -0.39 is 0 Å². The van der Waals surface area contributed by atoms with Crippen molar-refractivity contribution in [2.75, 3.05) is 0 Å². The maximum Gasteiger partial charge on any atom is 1.00 e. The molecule has 1 aromatic carbocycles. The van der Waals surface area contributed by atoms with E-state index in [9.17, 15) is 4.79 Å². The van der Waals surface area contributed by atoms with Gasteiger partial charge in [0.15, 0.2) is 0 Å². The van der Waals surface area contributed by atoms with Crippen LogP contribution < -0.4 is 17.0 Å². The van der Waals surface area contributed by atoms with Crippen molar-refractivity contribution in [3.8, 4) is 0 Å². The second kappa shape index (κ2) is 7.04. The molecule has 0 aliphatic rings. The van der Waals surface area contributed by atoms with E-state index in [1.54, 1.807) is 12.1 Å². The fourth-order valence-electron chi connectivity index (χ4n) is 0.541. The van der Waals surface area contributed by atoms with Gasteiger partial charge in [0, 0.05) is 10.0 Å². The molecule has 1 rings (SSSR count). The van der Waals surface area contributed by atoms with Crippen LogP contribution in [0.4, 0.5) is 0 Å². The Kier molecular flexibility index (Phi) is 8.92. The molecule has 4 heteroatoms. The summed E-state index contributed by atoms with van der Waals surface area (Å²) in [6.07, 6.45) is 0.826. The maximum absolute atomic E-state index is 10.1. The van der Waals surface area contributed by atoms with E-state index in [1.807, 2.05) is 12.1 Å². The van der Waals surface area contributed by atoms with Gasteiger partial charge in [-0.05, 0) is 12.1 Å². The average molecular weight is 328 g/mol. The number of rotatable bonds is 1. The second-order valence-corrected chi connectivity index (χ2v) is 2.59. The first kappa shape index (κ1) is 13.9. The molecule has 1 nitrogen and oxygen atoms in total. The van der Waals surface area contributed by atoms with E-state index in [0.29, 0.717) is 5.56 Å². The predicted octanol–water partition coefficient (Wildman–Crippen LogP) is -0.737. The van der Waals surface area contributed by atoms with Crippen molar-refractivity contribution in [1.29, 1.82) is 0 Å². The molecular formula is C7H5Br2CuO. The second-order valence-electron chi connectivity index (χ2n) is 1.67. The summed E-state index contributed by atoms with van der Waals surface area (Å²) >= 11 is 3.26. The zero-order chi connectivity index (χ0) is 6.69. The topological polar surface area (TPSA) is 17.1 Å². The van der Waals surface area contributed by atoms with Crippen molar-refractivity contribution in [1.82, 2.24) is 0 Å². The van der Waals surface area contributed by atoms with E-state index in [1.165, 1.54) is 0 Å². The molecule has 0 atom stereocenters. The molecule has 0 bridgehead atoms. The van der Waals surface area contributed by atoms with Gasteiger partial charge in [-0.2, -0.15) is 0 Å². The van der Waals surface area contributed by atoms with E-state index in [2.05, 4.69) is 15.9 Å². The maximum atomic E-state index is 10.1. The van der Waals surface area contributed by atoms with Gasteiger partial charge in [-0.3, -0.25) is 4.79 Å². The number of halogens is 2. The zero-order valence-electron chi connectivity index (χ0n) is 5.35. The van der Waals surface area contributed by atoms with Gasteiger partial charge in [-0.25, -0.2) is 0 Å². The summed E-state index contributed by atoms with van der Waals surface area (Å²) < 4.78 is 0.994. The Labute approximate surface area is 94.9 Å². The largest absolute Gasteiger partial charge is 1.00 e. The summed E-state index contributed by atoms with van der Waals surface area (Å²) in [6, 6.07) is 7.20. The molecule has 0 aliphatic carbocycles. The van der Waals surface area contributed by atoms with E-state index >= 15 is 0 Å². The molecule has 0 aliphatic heterocycles. The van der Waals surface area contributed by atoms with Crippen LogP contribution in [0.25, 0.3) is 0 Å². The van der Waals surface area contributed by atoms with Crippen molar-refractivity contribution in [2.45, 2.75) is 0 Å². The number of carbonyl (C=O) groups excluding carboxylic acids is 1. The van der Waals surface area contributed by atoms with Crippen molar-refractivity contribution in [3.63, 3.8) is 0 Å². The number of hydrogen-bond acceptors (Lipinski definition) is 1. The van der Waals surface area contributed by atoms with Crippen LogP contribution in [0.5, 0.6) is 0 Å². The number of aldehydes is 1. The van der Waals surface area contributed by atoms with Gasteiger partial charge in [0.05, 0.1) is 0 Å². The number of benzene rings is 1. The summed E-state index contributed by atoms with van der Waals surface area (Å²) in [4.78, 5) is 10.1. The van der Waals surface area contributed by atoms with Crippen LogP contribution >= 0.6 is 15.9 Å². The molecule has 0 saturated heterocycles. The Bertz CT molecular complexity index is 210. The van der Waals surface area contributed by atoms with Gasteiger partial charge >= 0.3 is 17.1 Å². The minimum absolute atomic E-state index is 0. The van der Waals surface area contributed by atoms with Crippen molar-refractivity contribution in [2.24, 2.45) is 0 Å². The molecule has 0 fully saturated rings. The fourth-order valence-corrected chi connectivity index (χ4v) is 0.806. The SMILES string of the molecule is O=Cc1ccc(Br)cc1.[Br-].[Cu+]. The summed E-state index contributed by atoms with van der Waals surface area (Å²) in [6.45, 7) is 0. The van der Waals surface area contributed by atoms with Gasteiger partial charge in [0.2, 0.25) is 0 Å². The summed E-state index contributed by atoms with van der Waals surface area (Å²) in [5.74, 6) is 0. The van der Waals surface area contributed by atoms with Crippen LogP contribution in [0.3, 0.4) is 0 Å². The number of carbonyl (C=O) groups is 1. The normalized spacial score (nSPS) is 7.36. The van der Waals surface area contributed by atoms with Crippen LogP contribution in [0.2, 0.25) is 0 Å². The quantitative estimate of drug-likeness (QED) is 0.490. The van der Waals surface area contributed by atoms with E-state index in [-0.39, 0.29) is 34.1 Å². The van der Waals surface area contributed by atoms with Crippen LogP contribution in [0.1, 0.15) is 10.4 Å². The van der Waals surface area contributed by atoms with Gasteiger partial charge in [-0.15, -0.1) is 0 Å². The minimum atomic E-state index is 0. The average Bonchev–Trinajstić information content (AvgIpc) is 1.90. The Morgan fingerprint density at radius 3 is 2.00 bits per heavy atom. The van der Waals surface area contributed by atoms with Gasteiger partial charge < -0.3 is 17.0 Å². The van der Waals surface area contributed by atoms with Crippen molar-refractivity contribution >= 4 is 22.2 Å². The molecule has 0 aromatic heterocycles. The first-order valence-electron chi connectivity index (χ1n) is 2.53. The third-order valence-electron chi connectivity index (χ3n) is 1.01. The van der Waals surface area contributed by atoms with E-state index in [4.69, 9.17) is 0 Å². The Morgan fingerprint density at radius 2 is 1.64 bits per heavy atom. The number of hydrogen-bond donors (Lipinski definition) is 0. The zero-order valence-corrected chi connectivity index (χ0v) is 9.47. The molecular weight excluding hydrogens is 323 g/mol. The first-order valence-corrected chi connectivity index (χ1v) is 3.33. The van der Waals surface area contributed by atoms with Gasteiger partial charge in [0.1, 0.15) is 6.29 Å². The van der Waals surface area contributed by atoms with Crippen LogP contribution in [0.15, 0.2) is 28.7 Å². The van der Waals surface area contributed by atoms with Crippen molar-refractivity contribution in [3.05, 3.63) is 34.3 Å². The monoisotopic (exact) mass is 326 g/mol. The third-order valence-corrected chi connectivity index (χ3v) is 1.53. The Hall–Kier alpha value is 0.369. The Balaban J connectivity index is 0. The molecule has 0 spiro atoms. The van der Waals surface area contributed by atoms with Crippen LogP contribution in [-0.2, 0) is 17.1 Å². The molecule has 64 valence electrons. The van der Waals surface area contributed by atoms with E-state index in [0.717, 1.165) is 10.8 Å². The predicted molar refractivity (Wildman–Crippen MR) is 39.5 cm³/mol. The molecule has 0 radical (unpaired) electrons. The fraction of sp³-hybridized carbons (Fsp3) is 0. The first-order chi connectivity index (χ1) is 4.33. The molecule has 0 amide bonds. The smallest absolute Gasteiger partial charge is 1.00 e. The molecule has 1 aromatic rings. The summed E-state index contributed by atoms with van der Waals surface area (Å²) in [5, 5.41) is 0. The molecule has 0 saturated carbocycles. The van der Waals surface area contributed by atoms with Gasteiger partial charge in [0.25, 0.3) is 0 Å². The minimum Gasteiger partial charge on any atom is -1.00 e. The third kappa shape index (κ3) is 4.75. The molecule has 0 unspecified atom stereocenters. The Morgan fingerprint density at radius 1 is 1.18 bits per heavy atom. The molecule has 0 N–H and O–H groups in total. The van der Waals surface area contributed by atoms with Crippen LogP contribution in [-0.4, -0.2) is 6.29 Å². The summed E-state index contributed by atoms with van der Waals surface area (Å²) in [5.41, 5.74) is 0.707. The van der Waals surface area contributed by atoms with Gasteiger partial charge in [-0.1, -0.05) is 28.1 Å². The summed E-state index contributed by atoms with van der Waals surface area (Å²) in [7, 11) is 0.